The lowest BCUT2D eigenvalue weighted by atomic mass is 9.64. The van der Waals surface area contributed by atoms with E-state index in [-0.39, 0.29) is 23.6 Å². The fraction of sp³-hybridized carbons (Fsp3) is 0.600. The summed E-state index contributed by atoms with van der Waals surface area (Å²) in [6.45, 7) is 8.51. The zero-order chi connectivity index (χ0) is 23.8. The summed E-state index contributed by atoms with van der Waals surface area (Å²) in [7, 11) is 0. The van der Waals surface area contributed by atoms with Crippen molar-refractivity contribution in [2.24, 2.45) is 28.9 Å². The van der Waals surface area contributed by atoms with Crippen molar-refractivity contribution >= 4 is 23.4 Å². The average molecular weight is 454 g/mol. The molecule has 2 aromatic rings. The van der Waals surface area contributed by atoms with Crippen molar-refractivity contribution in [3.63, 3.8) is 0 Å². The second kappa shape index (κ2) is 9.15. The summed E-state index contributed by atoms with van der Waals surface area (Å²) in [5, 5.41) is 3.12. The topological polar surface area (TPSA) is 110 Å². The zero-order valence-electron chi connectivity index (χ0n) is 19.8. The van der Waals surface area contributed by atoms with Crippen LogP contribution in [0.25, 0.3) is 5.65 Å². The Bertz CT molecular complexity index is 1050. The van der Waals surface area contributed by atoms with Gasteiger partial charge in [-0.2, -0.15) is 0 Å². The molecule has 4 rings (SSSR count). The summed E-state index contributed by atoms with van der Waals surface area (Å²) < 4.78 is 1.69. The standard InChI is InChI=1S/C25H35N5O3/c1-16-18(6-5-11-25(16,2)3)14-27-23(32)20-7-4-8-21-28-19(15-30(20)21)24(33)29-12-9-17(10-13-29)22(26)31/h4,7-8,15-18H,5-6,9-14H2,1-3H3,(H2,26,31)(H,27,32). The number of nitrogens with one attached hydrogen (secondary N) is 1. The Hall–Kier alpha value is -2.90. The van der Waals surface area contributed by atoms with Crippen LogP contribution in [-0.2, 0) is 4.79 Å². The van der Waals surface area contributed by atoms with Crippen molar-refractivity contribution < 1.29 is 14.4 Å². The highest BCUT2D eigenvalue weighted by atomic mass is 16.2. The van der Waals surface area contributed by atoms with Gasteiger partial charge in [0.15, 0.2) is 0 Å². The molecule has 8 heteroatoms. The van der Waals surface area contributed by atoms with Gasteiger partial charge in [-0.3, -0.25) is 18.8 Å². The molecule has 0 radical (unpaired) electrons. The monoisotopic (exact) mass is 453 g/mol. The van der Waals surface area contributed by atoms with Crippen molar-refractivity contribution in [2.75, 3.05) is 19.6 Å². The number of carbonyl (C=O) groups is 3. The molecule has 1 aliphatic heterocycles. The molecule has 0 bridgehead atoms. The van der Waals surface area contributed by atoms with Gasteiger partial charge in [0.2, 0.25) is 5.91 Å². The van der Waals surface area contributed by atoms with Crippen LogP contribution in [0.5, 0.6) is 0 Å². The molecule has 33 heavy (non-hydrogen) atoms. The van der Waals surface area contributed by atoms with Crippen LogP contribution in [0, 0.1) is 23.2 Å². The normalized spacial score (nSPS) is 23.4. The molecule has 2 aliphatic rings. The van der Waals surface area contributed by atoms with Gasteiger partial charge in [-0.15, -0.1) is 0 Å². The van der Waals surface area contributed by atoms with E-state index in [0.717, 1.165) is 6.42 Å². The van der Waals surface area contributed by atoms with E-state index in [1.807, 2.05) is 0 Å². The average Bonchev–Trinajstić information content (AvgIpc) is 3.24. The number of rotatable bonds is 5. The molecule has 1 saturated heterocycles. The van der Waals surface area contributed by atoms with Gasteiger partial charge in [0.25, 0.3) is 11.8 Å². The summed E-state index contributed by atoms with van der Waals surface area (Å²) in [6.07, 6.45) is 6.32. The number of fused-ring (bicyclic) bond motifs is 1. The number of nitrogens with zero attached hydrogens (tertiary/aromatic N) is 3. The number of hydrogen-bond donors (Lipinski definition) is 2. The summed E-state index contributed by atoms with van der Waals surface area (Å²) >= 11 is 0. The largest absolute Gasteiger partial charge is 0.369 e. The molecule has 2 aromatic heterocycles. The van der Waals surface area contributed by atoms with Crippen LogP contribution < -0.4 is 11.1 Å². The Balaban J connectivity index is 1.45. The van der Waals surface area contributed by atoms with Crippen LogP contribution in [0.3, 0.4) is 0 Å². The summed E-state index contributed by atoms with van der Waals surface area (Å²) in [5.74, 6) is 0.166. The Labute approximate surface area is 194 Å². The molecular weight excluding hydrogens is 418 g/mol. The van der Waals surface area contributed by atoms with Gasteiger partial charge in [0.1, 0.15) is 17.0 Å². The Morgan fingerprint density at radius 2 is 1.91 bits per heavy atom. The SMILES string of the molecule is CC1C(CNC(=O)c2cccc3nc(C(=O)N4CCC(C(N)=O)CC4)cn23)CCCC1(C)C. The number of imidazole rings is 1. The van der Waals surface area contributed by atoms with E-state index in [0.29, 0.717) is 66.8 Å². The number of amides is 3. The third-order valence-electron chi connectivity index (χ3n) is 7.99. The molecule has 2 atom stereocenters. The second-order valence-corrected chi connectivity index (χ2v) is 10.4. The van der Waals surface area contributed by atoms with Crippen molar-refractivity contribution in [3.8, 4) is 0 Å². The lowest BCUT2D eigenvalue weighted by Crippen LogP contribution is -2.41. The predicted octanol–water partition coefficient (Wildman–Crippen LogP) is 2.86. The highest BCUT2D eigenvalue weighted by molar-refractivity contribution is 5.95. The van der Waals surface area contributed by atoms with E-state index in [1.54, 1.807) is 33.7 Å². The minimum Gasteiger partial charge on any atom is -0.369 e. The molecule has 2 fully saturated rings. The maximum absolute atomic E-state index is 13.1. The molecular formula is C25H35N5O3. The quantitative estimate of drug-likeness (QED) is 0.725. The maximum Gasteiger partial charge on any atom is 0.274 e. The zero-order valence-corrected chi connectivity index (χ0v) is 19.8. The van der Waals surface area contributed by atoms with Crippen molar-refractivity contribution in [2.45, 2.75) is 52.9 Å². The Kier molecular flexibility index (Phi) is 6.45. The molecule has 2 unspecified atom stereocenters. The highest BCUT2D eigenvalue weighted by Crippen LogP contribution is 2.43. The molecule has 3 N–H and O–H groups in total. The molecule has 1 aliphatic carbocycles. The number of carbonyl (C=O) groups excluding carboxylic acids is 3. The molecule has 3 heterocycles. The lowest BCUT2D eigenvalue weighted by Gasteiger charge is -2.42. The smallest absolute Gasteiger partial charge is 0.274 e. The van der Waals surface area contributed by atoms with E-state index < -0.39 is 0 Å². The van der Waals surface area contributed by atoms with Crippen molar-refractivity contribution in [1.82, 2.24) is 19.6 Å². The van der Waals surface area contributed by atoms with Gasteiger partial charge in [0.05, 0.1) is 0 Å². The second-order valence-electron chi connectivity index (χ2n) is 10.4. The predicted molar refractivity (Wildman–Crippen MR) is 126 cm³/mol. The molecule has 178 valence electrons. The lowest BCUT2D eigenvalue weighted by molar-refractivity contribution is -0.123. The summed E-state index contributed by atoms with van der Waals surface area (Å²) in [6, 6.07) is 5.33. The van der Waals surface area contributed by atoms with Crippen molar-refractivity contribution in [3.05, 3.63) is 35.8 Å². The van der Waals surface area contributed by atoms with Crippen LogP contribution in [0.1, 0.15) is 73.9 Å². The van der Waals surface area contributed by atoms with E-state index in [9.17, 15) is 14.4 Å². The fourth-order valence-corrected chi connectivity index (χ4v) is 5.36. The first kappa shape index (κ1) is 23.3. The van der Waals surface area contributed by atoms with E-state index in [2.05, 4.69) is 31.1 Å². The number of nitrogens with two attached hydrogens (primary N) is 1. The summed E-state index contributed by atoms with van der Waals surface area (Å²) in [5.41, 5.74) is 7.01. The third kappa shape index (κ3) is 4.75. The van der Waals surface area contributed by atoms with Crippen molar-refractivity contribution in [1.29, 1.82) is 0 Å². The Morgan fingerprint density at radius 1 is 1.18 bits per heavy atom. The van der Waals surface area contributed by atoms with Crippen LogP contribution in [0.4, 0.5) is 0 Å². The van der Waals surface area contributed by atoms with Gasteiger partial charge >= 0.3 is 0 Å². The number of pyridine rings is 1. The highest BCUT2D eigenvalue weighted by Gasteiger charge is 2.35. The number of hydrogen-bond acceptors (Lipinski definition) is 4. The molecule has 1 saturated carbocycles. The number of primary amides is 1. The Morgan fingerprint density at radius 3 is 2.61 bits per heavy atom. The van der Waals surface area contributed by atoms with Gasteiger partial charge in [-0.25, -0.2) is 4.98 Å². The molecule has 0 aromatic carbocycles. The minimum absolute atomic E-state index is 0.158. The van der Waals surface area contributed by atoms with E-state index in [4.69, 9.17) is 5.73 Å². The van der Waals surface area contributed by atoms with Gasteiger partial charge in [0, 0.05) is 31.7 Å². The van der Waals surface area contributed by atoms with E-state index in [1.165, 1.54) is 12.8 Å². The van der Waals surface area contributed by atoms with Gasteiger partial charge < -0.3 is 16.0 Å². The molecule has 3 amide bonds. The van der Waals surface area contributed by atoms with Crippen LogP contribution in [-0.4, -0.2) is 51.6 Å². The summed E-state index contributed by atoms with van der Waals surface area (Å²) in [4.78, 5) is 43.6. The van der Waals surface area contributed by atoms with Gasteiger partial charge in [-0.1, -0.05) is 33.3 Å². The molecule has 8 nitrogen and oxygen atoms in total. The van der Waals surface area contributed by atoms with Crippen LogP contribution in [0.15, 0.2) is 24.4 Å². The first-order valence-corrected chi connectivity index (χ1v) is 12.0. The first-order valence-electron chi connectivity index (χ1n) is 12.0. The number of likely N-dealkylation sites (tertiary alicyclic amines) is 1. The van der Waals surface area contributed by atoms with Crippen LogP contribution >= 0.6 is 0 Å². The number of piperidine rings is 1. The van der Waals surface area contributed by atoms with Gasteiger partial charge in [-0.05, 0) is 55.1 Å². The van der Waals surface area contributed by atoms with Crippen LogP contribution in [0.2, 0.25) is 0 Å². The molecule has 0 spiro atoms. The van der Waals surface area contributed by atoms with E-state index >= 15 is 0 Å². The fourth-order valence-electron chi connectivity index (χ4n) is 5.36. The number of aromatic nitrogens is 2. The first-order chi connectivity index (χ1) is 15.7. The maximum atomic E-state index is 13.1. The third-order valence-corrected chi connectivity index (χ3v) is 7.99. The minimum atomic E-state index is -0.309.